The Labute approximate surface area is 277 Å². The standard InChI is InChI=1S/C39H36F3N3O3/c1-26-8-5-6-12-34(26)44-37(46)31-16-14-28(15-17-31)29-18-20-32(21-19-29)43-38(47)36-33(39(40,41)42)11-7-13-35(48-36)45-24-22-30(23-25-45)27-9-3-2-4-10-27/h2-6,8-10,12-21,30H,7,11,22-25H2,1H3,(H,43,47)(H,44,46). The van der Waals surface area contributed by atoms with Crippen LogP contribution in [0.2, 0.25) is 0 Å². The second-order valence-electron chi connectivity index (χ2n) is 12.0. The summed E-state index contributed by atoms with van der Waals surface area (Å²) in [6.45, 7) is 3.15. The maximum absolute atomic E-state index is 14.1. The lowest BCUT2D eigenvalue weighted by molar-refractivity contribution is -0.119. The number of nitrogens with one attached hydrogen (secondary N) is 2. The molecular formula is C39H36F3N3O3. The van der Waals surface area contributed by atoms with Crippen LogP contribution in [0.1, 0.15) is 53.1 Å². The Morgan fingerprint density at radius 2 is 1.40 bits per heavy atom. The molecule has 0 bridgehead atoms. The van der Waals surface area contributed by atoms with Crippen molar-refractivity contribution in [3.05, 3.63) is 143 Å². The van der Waals surface area contributed by atoms with Gasteiger partial charge >= 0.3 is 6.18 Å². The zero-order valence-electron chi connectivity index (χ0n) is 26.5. The first-order chi connectivity index (χ1) is 23.2. The van der Waals surface area contributed by atoms with Crippen molar-refractivity contribution in [2.75, 3.05) is 23.7 Å². The molecule has 2 aliphatic rings. The Hall–Kier alpha value is -5.31. The van der Waals surface area contributed by atoms with Gasteiger partial charge in [-0.2, -0.15) is 13.2 Å². The summed E-state index contributed by atoms with van der Waals surface area (Å²) in [4.78, 5) is 28.0. The van der Waals surface area contributed by atoms with Gasteiger partial charge in [0.05, 0.1) is 5.57 Å². The monoisotopic (exact) mass is 651 g/mol. The van der Waals surface area contributed by atoms with Crippen molar-refractivity contribution in [3.8, 4) is 11.1 Å². The van der Waals surface area contributed by atoms with Crippen molar-refractivity contribution in [1.82, 2.24) is 4.90 Å². The number of likely N-dealkylation sites (tertiary alicyclic amines) is 1. The molecule has 4 aromatic rings. The number of benzene rings is 4. The predicted octanol–water partition coefficient (Wildman–Crippen LogP) is 9.20. The summed E-state index contributed by atoms with van der Waals surface area (Å²) in [5.74, 6) is -1.25. The van der Waals surface area contributed by atoms with E-state index in [1.165, 1.54) is 5.56 Å². The molecule has 246 valence electrons. The number of carbonyl (C=O) groups excluding carboxylic acids is 2. The fourth-order valence-electron chi connectivity index (χ4n) is 6.12. The fourth-order valence-corrected chi connectivity index (χ4v) is 6.12. The first kappa shape index (κ1) is 32.6. The molecule has 48 heavy (non-hydrogen) atoms. The number of alkyl halides is 3. The summed E-state index contributed by atoms with van der Waals surface area (Å²) < 4.78 is 48.3. The van der Waals surface area contributed by atoms with Gasteiger partial charge in [0.15, 0.2) is 5.88 Å². The second kappa shape index (κ2) is 14.2. The van der Waals surface area contributed by atoms with E-state index >= 15 is 0 Å². The average Bonchev–Trinajstić information content (AvgIpc) is 3.34. The highest BCUT2D eigenvalue weighted by molar-refractivity contribution is 6.05. The molecule has 2 amide bonds. The predicted molar refractivity (Wildman–Crippen MR) is 181 cm³/mol. The molecule has 9 heteroatoms. The van der Waals surface area contributed by atoms with Crippen LogP contribution in [0.25, 0.3) is 11.1 Å². The molecule has 2 aliphatic heterocycles. The molecule has 0 saturated carbocycles. The molecule has 2 heterocycles. The van der Waals surface area contributed by atoms with Crippen LogP contribution in [0.15, 0.2) is 126 Å². The number of halogens is 3. The molecule has 2 N–H and O–H groups in total. The van der Waals surface area contributed by atoms with E-state index in [-0.39, 0.29) is 24.6 Å². The number of hydrogen-bond acceptors (Lipinski definition) is 4. The number of rotatable bonds is 7. The molecule has 0 spiro atoms. The summed E-state index contributed by atoms with van der Waals surface area (Å²) in [6, 6.07) is 31.6. The van der Waals surface area contributed by atoms with E-state index in [4.69, 9.17) is 4.74 Å². The number of aryl methyl sites for hydroxylation is 1. The normalized spacial score (nSPS) is 15.7. The van der Waals surface area contributed by atoms with Crippen LogP contribution in [0, 0.1) is 6.92 Å². The summed E-state index contributed by atoms with van der Waals surface area (Å²) in [7, 11) is 0. The minimum atomic E-state index is -4.72. The molecule has 4 aromatic carbocycles. The van der Waals surface area contributed by atoms with Crippen LogP contribution in [-0.4, -0.2) is 36.0 Å². The number of carbonyl (C=O) groups is 2. The lowest BCUT2D eigenvalue weighted by Crippen LogP contribution is -2.34. The third kappa shape index (κ3) is 7.62. The fraction of sp³-hybridized carbons (Fsp3) is 0.231. The van der Waals surface area contributed by atoms with E-state index in [0.29, 0.717) is 30.3 Å². The van der Waals surface area contributed by atoms with E-state index in [1.807, 2.05) is 66.4 Å². The van der Waals surface area contributed by atoms with E-state index < -0.39 is 23.4 Å². The third-order valence-electron chi connectivity index (χ3n) is 8.84. The van der Waals surface area contributed by atoms with Gasteiger partial charge < -0.3 is 20.3 Å². The molecular weight excluding hydrogens is 615 g/mol. The summed E-state index contributed by atoms with van der Waals surface area (Å²) in [5.41, 5.74) is 4.44. The third-order valence-corrected chi connectivity index (χ3v) is 8.84. The molecule has 0 atom stereocenters. The van der Waals surface area contributed by atoms with Crippen LogP contribution in [-0.2, 0) is 9.53 Å². The van der Waals surface area contributed by atoms with Gasteiger partial charge in [-0.25, -0.2) is 0 Å². The van der Waals surface area contributed by atoms with E-state index in [2.05, 4.69) is 22.8 Å². The maximum atomic E-state index is 14.1. The Balaban J connectivity index is 1.11. The van der Waals surface area contributed by atoms with Crippen molar-refractivity contribution < 1.29 is 27.5 Å². The summed E-state index contributed by atoms with van der Waals surface area (Å²) in [5, 5.41) is 5.52. The highest BCUT2D eigenvalue weighted by atomic mass is 19.4. The largest absolute Gasteiger partial charge is 0.435 e. The Kier molecular flexibility index (Phi) is 9.66. The van der Waals surface area contributed by atoms with Gasteiger partial charge in [-0.05, 0) is 97.2 Å². The number of anilines is 2. The second-order valence-corrected chi connectivity index (χ2v) is 12.0. The highest BCUT2D eigenvalue weighted by Gasteiger charge is 2.41. The Morgan fingerprint density at radius 1 is 0.771 bits per heavy atom. The van der Waals surface area contributed by atoms with Crippen molar-refractivity contribution in [2.45, 2.75) is 44.7 Å². The van der Waals surface area contributed by atoms with E-state index in [1.54, 1.807) is 42.5 Å². The minimum absolute atomic E-state index is 0.112. The molecule has 1 fully saturated rings. The Bertz CT molecular complexity index is 1820. The summed E-state index contributed by atoms with van der Waals surface area (Å²) >= 11 is 0. The number of nitrogens with zero attached hydrogens (tertiary/aromatic N) is 1. The number of hydrogen-bond donors (Lipinski definition) is 2. The van der Waals surface area contributed by atoms with Gasteiger partial charge in [-0.1, -0.05) is 72.8 Å². The van der Waals surface area contributed by atoms with Gasteiger partial charge in [-0.3, -0.25) is 9.59 Å². The smallest absolute Gasteiger partial charge is 0.416 e. The topological polar surface area (TPSA) is 70.7 Å². The minimum Gasteiger partial charge on any atom is -0.435 e. The Morgan fingerprint density at radius 3 is 2.04 bits per heavy atom. The van der Waals surface area contributed by atoms with Crippen molar-refractivity contribution >= 4 is 23.2 Å². The first-order valence-electron chi connectivity index (χ1n) is 16.0. The lowest BCUT2D eigenvalue weighted by Gasteiger charge is -2.34. The zero-order chi connectivity index (χ0) is 33.7. The molecule has 0 aromatic heterocycles. The molecule has 0 unspecified atom stereocenters. The number of piperidine rings is 1. The lowest BCUT2D eigenvalue weighted by atomic mass is 9.89. The number of allylic oxidation sites excluding steroid dienone is 2. The van der Waals surface area contributed by atoms with E-state index in [9.17, 15) is 22.8 Å². The zero-order valence-corrected chi connectivity index (χ0v) is 26.5. The molecule has 6 nitrogen and oxygen atoms in total. The molecule has 0 aliphatic carbocycles. The molecule has 0 radical (unpaired) electrons. The van der Waals surface area contributed by atoms with Crippen LogP contribution >= 0.6 is 0 Å². The molecule has 6 rings (SSSR count). The first-order valence-corrected chi connectivity index (χ1v) is 16.0. The van der Waals surface area contributed by atoms with Crippen molar-refractivity contribution in [3.63, 3.8) is 0 Å². The van der Waals surface area contributed by atoms with Crippen LogP contribution in [0.4, 0.5) is 24.5 Å². The van der Waals surface area contributed by atoms with Gasteiger partial charge in [-0.15, -0.1) is 0 Å². The van der Waals surface area contributed by atoms with Crippen LogP contribution in [0.5, 0.6) is 0 Å². The van der Waals surface area contributed by atoms with E-state index in [0.717, 1.165) is 35.2 Å². The highest BCUT2D eigenvalue weighted by Crippen LogP contribution is 2.37. The average molecular weight is 652 g/mol. The van der Waals surface area contributed by atoms with Crippen molar-refractivity contribution in [1.29, 1.82) is 0 Å². The van der Waals surface area contributed by atoms with Crippen LogP contribution < -0.4 is 10.6 Å². The van der Waals surface area contributed by atoms with Gasteiger partial charge in [0, 0.05) is 30.0 Å². The maximum Gasteiger partial charge on any atom is 0.416 e. The van der Waals surface area contributed by atoms with Gasteiger partial charge in [0.1, 0.15) is 0 Å². The number of amides is 2. The summed E-state index contributed by atoms with van der Waals surface area (Å²) in [6.07, 6.45) is -1.64. The number of ether oxygens (including phenoxy) is 1. The van der Waals surface area contributed by atoms with Gasteiger partial charge in [0.2, 0.25) is 5.76 Å². The quantitative estimate of drug-likeness (QED) is 0.209. The van der Waals surface area contributed by atoms with Crippen LogP contribution in [0.3, 0.4) is 0 Å². The van der Waals surface area contributed by atoms with Crippen molar-refractivity contribution in [2.24, 2.45) is 0 Å². The van der Waals surface area contributed by atoms with Gasteiger partial charge in [0.25, 0.3) is 11.8 Å². The number of para-hydroxylation sites is 1. The SMILES string of the molecule is Cc1ccccc1NC(=O)c1ccc(-c2ccc(NC(=O)C3=C(C(F)(F)F)CCC=C(N4CCC(c5ccccc5)CC4)O3)cc2)cc1. The molecule has 1 saturated heterocycles.